The number of benzene rings is 1. The first-order chi connectivity index (χ1) is 14.0. The molecule has 2 rings (SSSR count). The number of hydrogen-bond acceptors (Lipinski definition) is 10. The lowest BCUT2D eigenvalue weighted by molar-refractivity contribution is -0.255. The number of esters is 2. The van der Waals surface area contributed by atoms with Gasteiger partial charge in [-0.1, -0.05) is 18.2 Å². The van der Waals surface area contributed by atoms with Crippen LogP contribution < -0.4 is 5.32 Å². The third kappa shape index (κ3) is 6.76. The van der Waals surface area contributed by atoms with Gasteiger partial charge in [0.1, 0.15) is 24.9 Å². The normalized spacial score (nSPS) is 26.5. The highest BCUT2D eigenvalue weighted by molar-refractivity contribution is 7.86. The quantitative estimate of drug-likeness (QED) is 0.408. The number of nitrogens with one attached hydrogen (secondary N) is 1. The van der Waals surface area contributed by atoms with Gasteiger partial charge >= 0.3 is 11.9 Å². The van der Waals surface area contributed by atoms with Gasteiger partial charge in [0.25, 0.3) is 16.0 Å². The summed E-state index contributed by atoms with van der Waals surface area (Å²) in [5, 5.41) is 12.9. The van der Waals surface area contributed by atoms with Crippen molar-refractivity contribution in [1.29, 1.82) is 0 Å². The van der Waals surface area contributed by atoms with Crippen molar-refractivity contribution in [2.75, 3.05) is 12.9 Å². The number of hydrogen-bond donors (Lipinski definition) is 2. The van der Waals surface area contributed by atoms with Gasteiger partial charge in [-0.3, -0.25) is 18.6 Å². The number of aliphatic hydroxyl groups excluding tert-OH is 1. The third-order valence-corrected chi connectivity index (χ3v) is 4.61. The van der Waals surface area contributed by atoms with Crippen molar-refractivity contribution in [1.82, 2.24) is 5.32 Å². The van der Waals surface area contributed by atoms with Gasteiger partial charge < -0.3 is 24.6 Å². The second-order valence-electron chi connectivity index (χ2n) is 6.57. The number of carbonyl (C=O) groups is 3. The van der Waals surface area contributed by atoms with Crippen LogP contribution in [0.15, 0.2) is 30.3 Å². The topological polar surface area (TPSA) is 155 Å². The maximum Gasteiger partial charge on any atom is 0.303 e. The Hall–Kier alpha value is -2.54. The van der Waals surface area contributed by atoms with Crippen molar-refractivity contribution < 1.29 is 46.3 Å². The minimum Gasteiger partial charge on any atom is -0.463 e. The summed E-state index contributed by atoms with van der Waals surface area (Å²) in [5.74, 6) is -2.12. The lowest BCUT2D eigenvalue weighted by Crippen LogP contribution is -2.66. The van der Waals surface area contributed by atoms with E-state index in [4.69, 9.17) is 18.4 Å². The van der Waals surface area contributed by atoms with Crippen LogP contribution in [0.5, 0.6) is 0 Å². The zero-order chi connectivity index (χ0) is 22.5. The molecule has 1 fully saturated rings. The van der Waals surface area contributed by atoms with E-state index in [-0.39, 0.29) is 5.56 Å². The van der Waals surface area contributed by atoms with Gasteiger partial charge in [0.15, 0.2) is 12.4 Å². The maximum absolute atomic E-state index is 12.5. The average Bonchev–Trinajstić information content (AvgIpc) is 2.64. The molecule has 5 atom stereocenters. The largest absolute Gasteiger partial charge is 0.463 e. The fraction of sp³-hybridized carbons (Fsp3) is 0.500. The Bertz CT molecular complexity index is 872. The van der Waals surface area contributed by atoms with Crippen molar-refractivity contribution in [2.24, 2.45) is 0 Å². The third-order valence-electron chi connectivity index (χ3n) is 4.04. The van der Waals surface area contributed by atoms with E-state index in [1.54, 1.807) is 18.2 Å². The van der Waals surface area contributed by atoms with Crippen LogP contribution in [0.4, 0.5) is 0 Å². The van der Waals surface area contributed by atoms with Crippen molar-refractivity contribution in [2.45, 2.75) is 44.5 Å². The summed E-state index contributed by atoms with van der Waals surface area (Å²) in [7, 11) is -4.12. The summed E-state index contributed by atoms with van der Waals surface area (Å²) >= 11 is 0. The van der Waals surface area contributed by atoms with Gasteiger partial charge in [-0.2, -0.15) is 8.42 Å². The molecule has 11 nitrogen and oxygen atoms in total. The Labute approximate surface area is 173 Å². The molecule has 1 saturated heterocycles. The standard InChI is InChI=1S/C18H23NO10S/c1-10(20)26-9-13-15(27-11(2)21)16(29-30(3,24)25)14(18(23)28-13)19-17(22)12-7-5-4-6-8-12/h4-8,13-16,18,23H,9H2,1-3H3,(H,19,22)/t13-,14-,15-,16-,18-/m1/s1. The van der Waals surface area contributed by atoms with Crippen LogP contribution in [0.1, 0.15) is 24.2 Å². The van der Waals surface area contributed by atoms with Crippen LogP contribution in [-0.4, -0.2) is 74.9 Å². The first-order valence-corrected chi connectivity index (χ1v) is 10.7. The average molecular weight is 445 g/mol. The summed E-state index contributed by atoms with van der Waals surface area (Å²) < 4.78 is 44.1. The van der Waals surface area contributed by atoms with Crippen LogP contribution in [0.25, 0.3) is 0 Å². The van der Waals surface area contributed by atoms with Gasteiger partial charge in [-0.05, 0) is 12.1 Å². The van der Waals surface area contributed by atoms with Gasteiger partial charge in [0, 0.05) is 19.4 Å². The highest BCUT2D eigenvalue weighted by atomic mass is 32.2. The molecule has 1 heterocycles. The van der Waals surface area contributed by atoms with E-state index in [9.17, 15) is 27.9 Å². The Morgan fingerprint density at radius 1 is 1.10 bits per heavy atom. The van der Waals surface area contributed by atoms with E-state index in [1.807, 2.05) is 0 Å². The molecule has 1 aliphatic rings. The van der Waals surface area contributed by atoms with Crippen molar-refractivity contribution in [3.8, 4) is 0 Å². The molecular weight excluding hydrogens is 422 g/mol. The fourth-order valence-electron chi connectivity index (χ4n) is 2.88. The molecule has 166 valence electrons. The van der Waals surface area contributed by atoms with Crippen LogP contribution in [-0.2, 0) is 38.1 Å². The second kappa shape index (κ2) is 9.98. The highest BCUT2D eigenvalue weighted by Gasteiger charge is 2.50. The van der Waals surface area contributed by atoms with Crippen molar-refractivity contribution >= 4 is 28.0 Å². The molecule has 0 radical (unpaired) electrons. The Morgan fingerprint density at radius 3 is 2.27 bits per heavy atom. The molecule has 1 amide bonds. The number of ether oxygens (including phenoxy) is 3. The lowest BCUT2D eigenvalue weighted by atomic mass is 9.96. The van der Waals surface area contributed by atoms with E-state index in [0.29, 0.717) is 0 Å². The van der Waals surface area contributed by atoms with E-state index in [1.165, 1.54) is 12.1 Å². The highest BCUT2D eigenvalue weighted by Crippen LogP contribution is 2.27. The van der Waals surface area contributed by atoms with E-state index >= 15 is 0 Å². The fourth-order valence-corrected chi connectivity index (χ4v) is 3.51. The van der Waals surface area contributed by atoms with Gasteiger partial charge in [0.05, 0.1) is 6.26 Å². The molecular formula is C18H23NO10S. The van der Waals surface area contributed by atoms with Crippen LogP contribution >= 0.6 is 0 Å². The zero-order valence-electron chi connectivity index (χ0n) is 16.5. The van der Waals surface area contributed by atoms with Crippen molar-refractivity contribution in [3.05, 3.63) is 35.9 Å². The van der Waals surface area contributed by atoms with Crippen LogP contribution in [0, 0.1) is 0 Å². The predicted molar refractivity (Wildman–Crippen MR) is 100 cm³/mol. The smallest absolute Gasteiger partial charge is 0.303 e. The van der Waals surface area contributed by atoms with Crippen LogP contribution in [0.2, 0.25) is 0 Å². The summed E-state index contributed by atoms with van der Waals surface area (Å²) in [5.41, 5.74) is 0.230. The molecule has 30 heavy (non-hydrogen) atoms. The molecule has 0 aromatic heterocycles. The number of aliphatic hydroxyl groups is 1. The minimum absolute atomic E-state index is 0.230. The van der Waals surface area contributed by atoms with Crippen molar-refractivity contribution in [3.63, 3.8) is 0 Å². The Kier molecular flexibility index (Phi) is 7.89. The minimum atomic E-state index is -4.12. The maximum atomic E-state index is 12.5. The number of carbonyl (C=O) groups excluding carboxylic acids is 3. The second-order valence-corrected chi connectivity index (χ2v) is 8.17. The summed E-state index contributed by atoms with van der Waals surface area (Å²) in [6.45, 7) is 1.75. The monoisotopic (exact) mass is 445 g/mol. The molecule has 0 aliphatic carbocycles. The van der Waals surface area contributed by atoms with Gasteiger partial charge in [0.2, 0.25) is 0 Å². The van der Waals surface area contributed by atoms with E-state index in [0.717, 1.165) is 20.1 Å². The molecule has 12 heteroatoms. The van der Waals surface area contributed by atoms with Crippen LogP contribution in [0.3, 0.4) is 0 Å². The van der Waals surface area contributed by atoms with Gasteiger partial charge in [-0.25, -0.2) is 0 Å². The zero-order valence-corrected chi connectivity index (χ0v) is 17.3. The molecule has 1 aliphatic heterocycles. The molecule has 0 spiro atoms. The van der Waals surface area contributed by atoms with Gasteiger partial charge in [-0.15, -0.1) is 0 Å². The predicted octanol–water partition coefficient (Wildman–Crippen LogP) is -0.658. The SMILES string of the molecule is CC(=O)OC[C@H]1O[C@@H](O)[C@H](NC(=O)c2ccccc2)[C@@H](OS(C)(=O)=O)[C@@H]1OC(C)=O. The summed E-state index contributed by atoms with van der Waals surface area (Å²) in [6, 6.07) is 6.51. The summed E-state index contributed by atoms with van der Waals surface area (Å²) in [6.07, 6.45) is -5.21. The van der Waals surface area contributed by atoms with E-state index < -0.39 is 65.2 Å². The first kappa shape index (κ1) is 23.7. The molecule has 0 saturated carbocycles. The Balaban J connectivity index is 2.36. The van der Waals surface area contributed by atoms with E-state index in [2.05, 4.69) is 5.32 Å². The Morgan fingerprint density at radius 2 is 1.73 bits per heavy atom. The molecule has 0 unspecified atom stereocenters. The molecule has 0 bridgehead atoms. The lowest BCUT2D eigenvalue weighted by Gasteiger charge is -2.43. The number of rotatable bonds is 7. The molecule has 1 aromatic rings. The summed E-state index contributed by atoms with van der Waals surface area (Å²) in [4.78, 5) is 35.3. The molecule has 2 N–H and O–H groups in total. The molecule has 1 aromatic carbocycles. The number of amides is 1. The first-order valence-electron chi connectivity index (χ1n) is 8.86.